The molecular weight excluding hydrogens is 375 g/mol. The molecule has 0 aliphatic carbocycles. The van der Waals surface area contributed by atoms with E-state index in [1.165, 1.54) is 12.1 Å². The third-order valence-electron chi connectivity index (χ3n) is 5.07. The van der Waals surface area contributed by atoms with Crippen molar-refractivity contribution in [2.24, 2.45) is 0 Å². The molecule has 0 aromatic heterocycles. The van der Waals surface area contributed by atoms with Gasteiger partial charge in [0, 0.05) is 32.9 Å². The maximum atomic E-state index is 13.5. The number of hydrogen-bond acceptors (Lipinski definition) is 4. The summed E-state index contributed by atoms with van der Waals surface area (Å²) in [4.78, 5) is 28.1. The molecule has 0 fully saturated rings. The number of ether oxygens (including phenoxy) is 2. The SMILES string of the molecule is COCCNC(=O)[C@@H]1c2ccccc2C(=O)N(CCOC)[C@H]1c1ccc(F)cc1. The van der Waals surface area contributed by atoms with Crippen LogP contribution in [0.15, 0.2) is 48.5 Å². The summed E-state index contributed by atoms with van der Waals surface area (Å²) in [7, 11) is 3.12. The topological polar surface area (TPSA) is 67.9 Å². The Morgan fingerprint density at radius 3 is 2.45 bits per heavy atom. The molecule has 1 aliphatic rings. The molecule has 6 nitrogen and oxygen atoms in total. The fourth-order valence-electron chi connectivity index (χ4n) is 3.73. The van der Waals surface area contributed by atoms with Crippen molar-refractivity contribution in [2.45, 2.75) is 12.0 Å². The Bertz CT molecular complexity index is 856. The third kappa shape index (κ3) is 4.46. The van der Waals surface area contributed by atoms with E-state index in [2.05, 4.69) is 5.32 Å². The summed E-state index contributed by atoms with van der Waals surface area (Å²) < 4.78 is 23.8. The number of fused-ring (bicyclic) bond motifs is 1. The summed E-state index contributed by atoms with van der Waals surface area (Å²) in [5.74, 6) is -1.39. The Labute approximate surface area is 169 Å². The average molecular weight is 400 g/mol. The van der Waals surface area contributed by atoms with Gasteiger partial charge < -0.3 is 19.7 Å². The monoisotopic (exact) mass is 400 g/mol. The summed E-state index contributed by atoms with van der Waals surface area (Å²) >= 11 is 0. The zero-order valence-corrected chi connectivity index (χ0v) is 16.6. The van der Waals surface area contributed by atoms with Crippen LogP contribution >= 0.6 is 0 Å². The van der Waals surface area contributed by atoms with E-state index < -0.39 is 12.0 Å². The predicted molar refractivity (Wildman–Crippen MR) is 106 cm³/mol. The Kier molecular flexibility index (Phi) is 6.95. The van der Waals surface area contributed by atoms with Crippen molar-refractivity contribution in [3.05, 3.63) is 71.0 Å². The van der Waals surface area contributed by atoms with Crippen molar-refractivity contribution in [1.82, 2.24) is 10.2 Å². The van der Waals surface area contributed by atoms with Gasteiger partial charge in [-0.1, -0.05) is 30.3 Å². The highest BCUT2D eigenvalue weighted by Crippen LogP contribution is 2.42. The van der Waals surface area contributed by atoms with Gasteiger partial charge in [0.15, 0.2) is 0 Å². The molecule has 0 bridgehead atoms. The summed E-state index contributed by atoms with van der Waals surface area (Å²) in [6.45, 7) is 1.38. The minimum Gasteiger partial charge on any atom is -0.383 e. The first-order chi connectivity index (χ1) is 14.1. The fraction of sp³-hybridized carbons (Fsp3) is 0.364. The average Bonchev–Trinajstić information content (AvgIpc) is 2.73. The molecule has 0 unspecified atom stereocenters. The van der Waals surface area contributed by atoms with Gasteiger partial charge in [0.2, 0.25) is 5.91 Å². The summed E-state index contributed by atoms with van der Waals surface area (Å²) in [6, 6.07) is 12.5. The van der Waals surface area contributed by atoms with Gasteiger partial charge in [0.1, 0.15) is 5.82 Å². The second-order valence-electron chi connectivity index (χ2n) is 6.84. The number of amides is 2. The lowest BCUT2D eigenvalue weighted by molar-refractivity contribution is -0.124. The number of nitrogens with one attached hydrogen (secondary N) is 1. The molecule has 0 saturated heterocycles. The van der Waals surface area contributed by atoms with E-state index in [0.717, 1.165) is 0 Å². The second-order valence-corrected chi connectivity index (χ2v) is 6.84. The number of carbonyl (C=O) groups is 2. The van der Waals surface area contributed by atoms with Crippen LogP contribution in [-0.2, 0) is 14.3 Å². The summed E-state index contributed by atoms with van der Waals surface area (Å²) in [5, 5.41) is 2.89. The molecule has 0 radical (unpaired) electrons. The van der Waals surface area contributed by atoms with Crippen molar-refractivity contribution in [1.29, 1.82) is 0 Å². The number of methoxy groups -OCH3 is 2. The van der Waals surface area contributed by atoms with Crippen LogP contribution in [0.5, 0.6) is 0 Å². The largest absolute Gasteiger partial charge is 0.383 e. The molecule has 1 heterocycles. The molecule has 7 heteroatoms. The lowest BCUT2D eigenvalue weighted by Crippen LogP contribution is -2.48. The molecule has 29 heavy (non-hydrogen) atoms. The highest BCUT2D eigenvalue weighted by atomic mass is 19.1. The van der Waals surface area contributed by atoms with Crippen LogP contribution in [0.3, 0.4) is 0 Å². The number of halogens is 1. The van der Waals surface area contributed by atoms with Crippen LogP contribution < -0.4 is 5.32 Å². The third-order valence-corrected chi connectivity index (χ3v) is 5.07. The van der Waals surface area contributed by atoms with Crippen LogP contribution in [0.25, 0.3) is 0 Å². The van der Waals surface area contributed by atoms with E-state index >= 15 is 0 Å². The van der Waals surface area contributed by atoms with Gasteiger partial charge in [0.25, 0.3) is 5.91 Å². The van der Waals surface area contributed by atoms with Gasteiger partial charge in [-0.25, -0.2) is 4.39 Å². The number of carbonyl (C=O) groups excluding carboxylic acids is 2. The van der Waals surface area contributed by atoms with Crippen molar-refractivity contribution in [2.75, 3.05) is 40.5 Å². The molecule has 0 saturated carbocycles. The molecule has 2 amide bonds. The van der Waals surface area contributed by atoms with E-state index in [-0.39, 0.29) is 17.6 Å². The minimum atomic E-state index is -0.636. The molecule has 2 aromatic carbocycles. The number of rotatable bonds is 8. The normalized spacial score (nSPS) is 18.4. The van der Waals surface area contributed by atoms with Crippen LogP contribution in [-0.4, -0.2) is 57.2 Å². The highest BCUT2D eigenvalue weighted by Gasteiger charge is 2.43. The Morgan fingerprint density at radius 1 is 1.07 bits per heavy atom. The molecule has 0 spiro atoms. The maximum absolute atomic E-state index is 13.5. The smallest absolute Gasteiger partial charge is 0.254 e. The second kappa shape index (κ2) is 9.62. The summed E-state index contributed by atoms with van der Waals surface area (Å²) in [6.07, 6.45) is 0. The molecule has 1 N–H and O–H groups in total. The maximum Gasteiger partial charge on any atom is 0.254 e. The van der Waals surface area contributed by atoms with Crippen LogP contribution in [0.4, 0.5) is 4.39 Å². The molecule has 2 aromatic rings. The van der Waals surface area contributed by atoms with Crippen molar-refractivity contribution in [3.63, 3.8) is 0 Å². The minimum absolute atomic E-state index is 0.173. The zero-order valence-electron chi connectivity index (χ0n) is 16.6. The van der Waals surface area contributed by atoms with Crippen LogP contribution in [0.2, 0.25) is 0 Å². The van der Waals surface area contributed by atoms with E-state index in [1.807, 2.05) is 6.07 Å². The molecular formula is C22H25FN2O4. The highest BCUT2D eigenvalue weighted by molar-refractivity contribution is 6.01. The Hall–Kier alpha value is -2.77. The van der Waals surface area contributed by atoms with E-state index in [1.54, 1.807) is 49.5 Å². The fourth-order valence-corrected chi connectivity index (χ4v) is 3.73. The standard InChI is InChI=1S/C22H25FN2O4/c1-28-13-11-24-21(26)19-17-5-3-4-6-18(17)22(27)25(12-14-29-2)20(19)15-7-9-16(23)10-8-15/h3-10,19-20H,11-14H2,1-2H3,(H,24,26)/t19-,20+/m1/s1. The van der Waals surface area contributed by atoms with Gasteiger partial charge in [-0.15, -0.1) is 0 Å². The van der Waals surface area contributed by atoms with Gasteiger partial charge in [-0.3, -0.25) is 9.59 Å². The molecule has 2 atom stereocenters. The molecule has 1 aliphatic heterocycles. The Morgan fingerprint density at radius 2 is 1.76 bits per heavy atom. The van der Waals surface area contributed by atoms with E-state index in [4.69, 9.17) is 9.47 Å². The van der Waals surface area contributed by atoms with Crippen LogP contribution in [0, 0.1) is 5.82 Å². The van der Waals surface area contributed by atoms with E-state index in [0.29, 0.717) is 43.0 Å². The number of hydrogen-bond donors (Lipinski definition) is 1. The summed E-state index contributed by atoms with van der Waals surface area (Å²) in [5.41, 5.74) is 1.85. The lowest BCUT2D eigenvalue weighted by atomic mass is 9.79. The first-order valence-corrected chi connectivity index (χ1v) is 9.49. The Balaban J connectivity index is 2.09. The predicted octanol–water partition coefficient (Wildman–Crippen LogP) is 2.52. The number of nitrogens with zero attached hydrogens (tertiary/aromatic N) is 1. The van der Waals surface area contributed by atoms with Crippen LogP contribution in [0.1, 0.15) is 33.4 Å². The first-order valence-electron chi connectivity index (χ1n) is 9.49. The zero-order chi connectivity index (χ0) is 20.8. The van der Waals surface area contributed by atoms with Crippen molar-refractivity contribution in [3.8, 4) is 0 Å². The van der Waals surface area contributed by atoms with Gasteiger partial charge in [-0.05, 0) is 29.3 Å². The molecule has 3 rings (SSSR count). The lowest BCUT2D eigenvalue weighted by Gasteiger charge is -2.41. The van der Waals surface area contributed by atoms with Gasteiger partial charge in [-0.2, -0.15) is 0 Å². The molecule has 154 valence electrons. The van der Waals surface area contributed by atoms with Crippen molar-refractivity contribution >= 4 is 11.8 Å². The van der Waals surface area contributed by atoms with Crippen molar-refractivity contribution < 1.29 is 23.5 Å². The van der Waals surface area contributed by atoms with E-state index in [9.17, 15) is 14.0 Å². The van der Waals surface area contributed by atoms with Gasteiger partial charge >= 0.3 is 0 Å². The van der Waals surface area contributed by atoms with Gasteiger partial charge in [0.05, 0.1) is 25.2 Å². The number of benzene rings is 2. The first kappa shape index (κ1) is 21.0. The quantitative estimate of drug-likeness (QED) is 0.692.